The SMILES string of the molecule is C=CCOC(=O)[C@H]1[C@H]2C(=O)N([C@@H](CO)[C@@H](C)CC)C(C(=O)N(CC=C)c3ccc(N(CC)CC)cc3)C23CC[C@]1(CC)O3. The Morgan fingerprint density at radius 1 is 1.12 bits per heavy atom. The molecule has 0 saturated carbocycles. The Morgan fingerprint density at radius 2 is 1.77 bits per heavy atom. The smallest absolute Gasteiger partial charge is 0.313 e. The normalized spacial score (nSPS) is 28.7. The van der Waals surface area contributed by atoms with Gasteiger partial charge in [-0.2, -0.15) is 0 Å². The Morgan fingerprint density at radius 3 is 2.30 bits per heavy atom. The Hall–Kier alpha value is -3.17. The molecule has 3 aliphatic rings. The number of fused-ring (bicyclic) bond motifs is 1. The quantitative estimate of drug-likeness (QED) is 0.238. The summed E-state index contributed by atoms with van der Waals surface area (Å²) in [6, 6.07) is 6.18. The highest BCUT2D eigenvalue weighted by Crippen LogP contribution is 2.65. The van der Waals surface area contributed by atoms with Crippen molar-refractivity contribution in [1.29, 1.82) is 0 Å². The van der Waals surface area contributed by atoms with Crippen LogP contribution in [0.25, 0.3) is 0 Å². The maximum absolute atomic E-state index is 14.9. The molecule has 9 heteroatoms. The predicted octanol–water partition coefficient (Wildman–Crippen LogP) is 4.34. The largest absolute Gasteiger partial charge is 0.461 e. The van der Waals surface area contributed by atoms with E-state index in [1.54, 1.807) is 15.9 Å². The van der Waals surface area contributed by atoms with Crippen LogP contribution in [0.3, 0.4) is 0 Å². The van der Waals surface area contributed by atoms with Crippen molar-refractivity contribution in [2.75, 3.05) is 42.6 Å². The zero-order valence-electron chi connectivity index (χ0n) is 26.5. The van der Waals surface area contributed by atoms with Gasteiger partial charge in [-0.1, -0.05) is 45.9 Å². The van der Waals surface area contributed by atoms with E-state index in [1.807, 2.05) is 45.0 Å². The first kappa shape index (κ1) is 32.7. The molecule has 0 radical (unpaired) electrons. The third-order valence-corrected chi connectivity index (χ3v) is 10.2. The number of aliphatic hydroxyl groups excluding tert-OH is 1. The molecule has 3 saturated heterocycles. The number of amides is 2. The van der Waals surface area contributed by atoms with Crippen LogP contribution in [0.4, 0.5) is 11.4 Å². The zero-order valence-corrected chi connectivity index (χ0v) is 26.5. The summed E-state index contributed by atoms with van der Waals surface area (Å²) in [5.41, 5.74) is -0.388. The summed E-state index contributed by atoms with van der Waals surface area (Å²) in [4.78, 5) is 48.5. The lowest BCUT2D eigenvalue weighted by Gasteiger charge is -2.41. The van der Waals surface area contributed by atoms with Gasteiger partial charge >= 0.3 is 5.97 Å². The zero-order chi connectivity index (χ0) is 31.5. The molecule has 4 rings (SSSR count). The van der Waals surface area contributed by atoms with Gasteiger partial charge in [0.15, 0.2) is 0 Å². The van der Waals surface area contributed by atoms with Crippen LogP contribution in [0.2, 0.25) is 0 Å². The molecule has 3 aliphatic heterocycles. The lowest BCUT2D eigenvalue weighted by atomic mass is 9.65. The number of likely N-dealkylation sites (tertiary alicyclic amines) is 1. The molecule has 43 heavy (non-hydrogen) atoms. The fraction of sp³-hybridized carbons (Fsp3) is 0.618. The molecule has 3 fully saturated rings. The Kier molecular flexibility index (Phi) is 10.1. The van der Waals surface area contributed by atoms with Gasteiger partial charge in [0.1, 0.15) is 24.2 Å². The van der Waals surface area contributed by atoms with Crippen LogP contribution in [0.5, 0.6) is 0 Å². The van der Waals surface area contributed by atoms with Gasteiger partial charge in [-0.15, -0.1) is 6.58 Å². The lowest BCUT2D eigenvalue weighted by Crippen LogP contribution is -2.60. The first-order valence-corrected chi connectivity index (χ1v) is 15.8. The van der Waals surface area contributed by atoms with E-state index in [4.69, 9.17) is 9.47 Å². The molecule has 0 aromatic heterocycles. The maximum atomic E-state index is 14.9. The number of hydrogen-bond acceptors (Lipinski definition) is 7. The molecule has 0 aliphatic carbocycles. The minimum absolute atomic E-state index is 0.0256. The number of hydrogen-bond donors (Lipinski definition) is 1. The second-order valence-electron chi connectivity index (χ2n) is 12.1. The third kappa shape index (κ3) is 5.29. The molecule has 1 aromatic rings. The molecule has 1 aromatic carbocycles. The standard InChI is InChI=1S/C34H49N3O6/c1-8-20-36(25-16-14-24(15-17-25)35(12-5)13-6)31(40)29-34-19-18-33(11-4,43-34)28(32(41)42-21-9-2)27(34)30(39)37(29)26(22-38)23(7)10-3/h8-9,14-17,23,26-29,38H,1-2,10-13,18-22H2,3-7H3/t23-,26-,27-,28+,29?,33-,34?/m0/s1. The average Bonchev–Trinajstić information content (AvgIpc) is 3.63. The van der Waals surface area contributed by atoms with Gasteiger partial charge in [0.05, 0.1) is 24.2 Å². The molecule has 1 spiro atoms. The van der Waals surface area contributed by atoms with E-state index in [1.165, 1.54) is 6.08 Å². The van der Waals surface area contributed by atoms with Crippen molar-refractivity contribution >= 4 is 29.2 Å². The van der Waals surface area contributed by atoms with Gasteiger partial charge in [0.25, 0.3) is 5.91 Å². The number of rotatable bonds is 15. The Labute approximate surface area is 256 Å². The van der Waals surface area contributed by atoms with E-state index in [9.17, 15) is 19.5 Å². The van der Waals surface area contributed by atoms with E-state index in [0.29, 0.717) is 31.4 Å². The van der Waals surface area contributed by atoms with Crippen molar-refractivity contribution in [1.82, 2.24) is 4.90 Å². The van der Waals surface area contributed by atoms with Crippen LogP contribution in [0, 0.1) is 17.8 Å². The van der Waals surface area contributed by atoms with E-state index in [0.717, 1.165) is 18.8 Å². The van der Waals surface area contributed by atoms with Gasteiger partial charge in [0.2, 0.25) is 5.91 Å². The third-order valence-electron chi connectivity index (χ3n) is 10.2. The lowest BCUT2D eigenvalue weighted by molar-refractivity contribution is -0.161. The highest BCUT2D eigenvalue weighted by molar-refractivity contribution is 6.05. The summed E-state index contributed by atoms with van der Waals surface area (Å²) < 4.78 is 12.4. The molecule has 7 atom stereocenters. The summed E-state index contributed by atoms with van der Waals surface area (Å²) in [7, 11) is 0. The molecule has 1 N–H and O–H groups in total. The monoisotopic (exact) mass is 595 g/mol. The Bertz CT molecular complexity index is 1200. The predicted molar refractivity (Wildman–Crippen MR) is 168 cm³/mol. The maximum Gasteiger partial charge on any atom is 0.313 e. The van der Waals surface area contributed by atoms with Crippen LogP contribution in [0.15, 0.2) is 49.6 Å². The second-order valence-corrected chi connectivity index (χ2v) is 12.1. The van der Waals surface area contributed by atoms with Crippen LogP contribution < -0.4 is 9.80 Å². The molecule has 9 nitrogen and oxygen atoms in total. The van der Waals surface area contributed by atoms with Crippen LogP contribution in [-0.2, 0) is 23.9 Å². The van der Waals surface area contributed by atoms with Crippen molar-refractivity contribution in [3.63, 3.8) is 0 Å². The van der Waals surface area contributed by atoms with Crippen molar-refractivity contribution in [2.45, 2.75) is 83.6 Å². The second kappa shape index (κ2) is 13.2. The molecule has 236 valence electrons. The average molecular weight is 596 g/mol. The number of anilines is 2. The summed E-state index contributed by atoms with van der Waals surface area (Å²) in [6.07, 6.45) is 5.36. The summed E-state index contributed by atoms with van der Waals surface area (Å²) >= 11 is 0. The molecule has 2 bridgehead atoms. The van der Waals surface area contributed by atoms with E-state index in [-0.39, 0.29) is 37.5 Å². The number of carbonyl (C=O) groups is 3. The number of benzene rings is 1. The summed E-state index contributed by atoms with van der Waals surface area (Å²) in [5.74, 6) is -2.97. The first-order valence-electron chi connectivity index (χ1n) is 15.8. The van der Waals surface area contributed by atoms with Crippen molar-refractivity contribution < 1.29 is 29.0 Å². The molecule has 2 amide bonds. The van der Waals surface area contributed by atoms with E-state index < -0.39 is 41.1 Å². The van der Waals surface area contributed by atoms with Crippen molar-refractivity contribution in [3.8, 4) is 0 Å². The van der Waals surface area contributed by atoms with E-state index in [2.05, 4.69) is 31.9 Å². The van der Waals surface area contributed by atoms with Gasteiger partial charge in [-0.05, 0) is 63.3 Å². The minimum atomic E-state index is -1.22. The molecular formula is C34H49N3O6. The number of carbonyl (C=O) groups excluding carboxylic acids is 3. The summed E-state index contributed by atoms with van der Waals surface area (Å²) in [6.45, 7) is 19.3. The topological polar surface area (TPSA) is 99.6 Å². The van der Waals surface area contributed by atoms with E-state index >= 15 is 0 Å². The highest BCUT2D eigenvalue weighted by Gasteiger charge is 2.79. The van der Waals surface area contributed by atoms with Gasteiger partial charge in [-0.3, -0.25) is 14.4 Å². The van der Waals surface area contributed by atoms with Crippen molar-refractivity contribution in [2.24, 2.45) is 17.8 Å². The van der Waals surface area contributed by atoms with Gasteiger partial charge in [0, 0.05) is 31.0 Å². The van der Waals surface area contributed by atoms with Crippen LogP contribution in [-0.4, -0.2) is 83.9 Å². The van der Waals surface area contributed by atoms with Crippen LogP contribution in [0.1, 0.15) is 60.3 Å². The molecule has 2 unspecified atom stereocenters. The number of aliphatic hydroxyl groups is 1. The fourth-order valence-electron chi connectivity index (χ4n) is 7.73. The van der Waals surface area contributed by atoms with Gasteiger partial charge in [-0.25, -0.2) is 0 Å². The highest BCUT2D eigenvalue weighted by atomic mass is 16.6. The fourth-order valence-corrected chi connectivity index (χ4v) is 7.73. The summed E-state index contributed by atoms with van der Waals surface area (Å²) in [5, 5.41) is 10.6. The van der Waals surface area contributed by atoms with Crippen LogP contribution >= 0.6 is 0 Å². The number of esters is 1. The van der Waals surface area contributed by atoms with Crippen molar-refractivity contribution in [3.05, 3.63) is 49.6 Å². The molecule has 3 heterocycles. The molecular weight excluding hydrogens is 546 g/mol. The Balaban J connectivity index is 1.84. The minimum Gasteiger partial charge on any atom is -0.461 e. The first-order chi connectivity index (χ1) is 20.6. The number of nitrogens with zero attached hydrogens (tertiary/aromatic N) is 3. The number of ether oxygens (including phenoxy) is 2. The van der Waals surface area contributed by atoms with Gasteiger partial charge < -0.3 is 29.3 Å².